The van der Waals surface area contributed by atoms with Gasteiger partial charge in [-0.15, -0.1) is 0 Å². The van der Waals surface area contributed by atoms with Gasteiger partial charge in [-0.1, -0.05) is 12.2 Å². The number of rotatable bonds is 5. The molecule has 0 atom stereocenters. The average Bonchev–Trinajstić information content (AvgIpc) is 1.99. The summed E-state index contributed by atoms with van der Waals surface area (Å²) >= 11 is 0. The van der Waals surface area contributed by atoms with Crippen molar-refractivity contribution in [2.75, 3.05) is 20.8 Å². The summed E-state index contributed by atoms with van der Waals surface area (Å²) in [5.74, 6) is 0. The molecule has 0 aromatic heterocycles. The smallest absolute Gasteiger partial charge is 0.316 e. The molecule has 0 rings (SSSR count). The number of hydrogen-bond acceptors (Lipinski definition) is 3. The van der Waals surface area contributed by atoms with Crippen molar-refractivity contribution in [2.24, 2.45) is 0 Å². The molecule has 60 valence electrons. The third-order valence-corrected chi connectivity index (χ3v) is 1.77. The first-order chi connectivity index (χ1) is 4.85. The van der Waals surface area contributed by atoms with Gasteiger partial charge >= 0.3 is 8.60 Å². The molecule has 0 aliphatic heterocycles. The van der Waals surface area contributed by atoms with Crippen molar-refractivity contribution in [2.45, 2.75) is 6.92 Å². The fourth-order valence-corrected chi connectivity index (χ4v) is 0.948. The number of allylic oxidation sites excluding steroid dienone is 1. The molecule has 0 amide bonds. The average molecular weight is 164 g/mol. The van der Waals surface area contributed by atoms with Crippen LogP contribution in [0.5, 0.6) is 0 Å². The normalized spacial score (nSPS) is 11.6. The van der Waals surface area contributed by atoms with Crippen LogP contribution in [-0.2, 0) is 13.6 Å². The maximum atomic E-state index is 5.11. The van der Waals surface area contributed by atoms with Crippen LogP contribution in [0.1, 0.15) is 6.92 Å². The highest BCUT2D eigenvalue weighted by atomic mass is 31.2. The van der Waals surface area contributed by atoms with Crippen LogP contribution in [-0.4, -0.2) is 20.8 Å². The second-order valence-corrected chi connectivity index (χ2v) is 2.89. The summed E-state index contributed by atoms with van der Waals surface area (Å²) in [7, 11) is 2.00. The Labute approximate surface area is 63.0 Å². The van der Waals surface area contributed by atoms with Gasteiger partial charge in [-0.05, 0) is 6.92 Å². The monoisotopic (exact) mass is 164 g/mol. The molecule has 0 aliphatic carbocycles. The van der Waals surface area contributed by atoms with Crippen LogP contribution in [0.4, 0.5) is 0 Å². The van der Waals surface area contributed by atoms with Gasteiger partial charge in [0.05, 0.1) is 6.61 Å². The Morgan fingerprint density at radius 3 is 2.30 bits per heavy atom. The van der Waals surface area contributed by atoms with Gasteiger partial charge in [0.25, 0.3) is 0 Å². The van der Waals surface area contributed by atoms with E-state index in [1.54, 1.807) is 14.2 Å². The Bertz CT molecular complexity index is 91.0. The summed E-state index contributed by atoms with van der Waals surface area (Å²) in [6.07, 6.45) is 3.81. The molecule has 0 fully saturated rings. The minimum Gasteiger partial charge on any atom is -0.316 e. The molecule has 0 saturated carbocycles. The predicted octanol–water partition coefficient (Wildman–Crippen LogP) is 2.10. The van der Waals surface area contributed by atoms with Crippen LogP contribution in [0.3, 0.4) is 0 Å². The highest BCUT2D eigenvalue weighted by molar-refractivity contribution is 7.41. The fraction of sp³-hybridized carbons (Fsp3) is 0.667. The Morgan fingerprint density at radius 2 is 1.90 bits per heavy atom. The van der Waals surface area contributed by atoms with Gasteiger partial charge < -0.3 is 13.6 Å². The third kappa shape index (κ3) is 4.89. The summed E-state index contributed by atoms with van der Waals surface area (Å²) < 4.78 is 14.8. The predicted molar refractivity (Wildman–Crippen MR) is 41.7 cm³/mol. The first kappa shape index (κ1) is 10.0. The summed E-state index contributed by atoms with van der Waals surface area (Å²) in [6.45, 7) is 2.48. The van der Waals surface area contributed by atoms with E-state index in [0.717, 1.165) is 0 Å². The van der Waals surface area contributed by atoms with Gasteiger partial charge in [-0.25, -0.2) is 0 Å². The van der Waals surface area contributed by atoms with Crippen molar-refractivity contribution >= 4 is 8.60 Å². The lowest BCUT2D eigenvalue weighted by Crippen LogP contribution is -1.88. The summed E-state index contributed by atoms with van der Waals surface area (Å²) in [5.41, 5.74) is 0. The van der Waals surface area contributed by atoms with Crippen LogP contribution in [0.15, 0.2) is 12.2 Å². The second-order valence-electron chi connectivity index (χ2n) is 1.45. The van der Waals surface area contributed by atoms with E-state index in [4.69, 9.17) is 13.6 Å². The first-order valence-electron chi connectivity index (χ1n) is 2.97. The molecule has 0 saturated heterocycles. The van der Waals surface area contributed by atoms with Crippen LogP contribution in [0, 0.1) is 0 Å². The molecule has 10 heavy (non-hydrogen) atoms. The van der Waals surface area contributed by atoms with Crippen LogP contribution in [0.25, 0.3) is 0 Å². The Kier molecular flexibility index (Phi) is 7.20. The van der Waals surface area contributed by atoms with Crippen molar-refractivity contribution in [1.29, 1.82) is 0 Å². The third-order valence-electron chi connectivity index (χ3n) is 0.810. The van der Waals surface area contributed by atoms with E-state index in [0.29, 0.717) is 6.61 Å². The largest absolute Gasteiger partial charge is 0.332 e. The molecule has 4 heteroatoms. The van der Waals surface area contributed by atoms with Crippen molar-refractivity contribution in [3.63, 3.8) is 0 Å². The summed E-state index contributed by atoms with van der Waals surface area (Å²) in [6, 6.07) is 0. The Hall–Kier alpha value is 0.0500. The fourth-order valence-electron chi connectivity index (χ4n) is 0.380. The molecule has 0 heterocycles. The van der Waals surface area contributed by atoms with Gasteiger partial charge in [-0.2, -0.15) is 0 Å². The Balaban J connectivity index is 3.25. The molecule has 0 bridgehead atoms. The van der Waals surface area contributed by atoms with E-state index in [2.05, 4.69) is 0 Å². The van der Waals surface area contributed by atoms with Gasteiger partial charge in [0.15, 0.2) is 0 Å². The second kappa shape index (κ2) is 7.16. The molecule has 0 unspecified atom stereocenters. The van der Waals surface area contributed by atoms with E-state index in [9.17, 15) is 0 Å². The lowest BCUT2D eigenvalue weighted by molar-refractivity contribution is 0.222. The van der Waals surface area contributed by atoms with E-state index in [1.807, 2.05) is 19.1 Å². The molecule has 0 radical (unpaired) electrons. The van der Waals surface area contributed by atoms with E-state index >= 15 is 0 Å². The molecule has 0 spiro atoms. The first-order valence-corrected chi connectivity index (χ1v) is 4.07. The topological polar surface area (TPSA) is 27.7 Å². The molecule has 0 aromatic carbocycles. The lowest BCUT2D eigenvalue weighted by Gasteiger charge is -2.08. The minimum absolute atomic E-state index is 0.546. The maximum absolute atomic E-state index is 5.11. The standard InChI is InChI=1S/C6H13O3P/c1-4-5-6-9-10(7-2)8-3/h4-5H,6H2,1-3H3/b5-4+. The molecular weight excluding hydrogens is 151 g/mol. The van der Waals surface area contributed by atoms with Gasteiger partial charge in [0.1, 0.15) is 0 Å². The van der Waals surface area contributed by atoms with E-state index < -0.39 is 8.60 Å². The summed E-state index contributed by atoms with van der Waals surface area (Å²) in [5, 5.41) is 0. The molecule has 0 aliphatic rings. The Morgan fingerprint density at radius 1 is 1.30 bits per heavy atom. The minimum atomic E-state index is -1.12. The molecule has 3 nitrogen and oxygen atoms in total. The number of hydrogen-bond donors (Lipinski definition) is 0. The van der Waals surface area contributed by atoms with E-state index in [-0.39, 0.29) is 0 Å². The SMILES string of the molecule is C/C=C/COP(OC)OC. The zero-order valence-electron chi connectivity index (χ0n) is 6.53. The summed E-state index contributed by atoms with van der Waals surface area (Å²) in [4.78, 5) is 0. The molecule has 0 N–H and O–H groups in total. The maximum Gasteiger partial charge on any atom is 0.332 e. The zero-order chi connectivity index (χ0) is 7.82. The molecular formula is C6H13O3P. The van der Waals surface area contributed by atoms with Crippen LogP contribution >= 0.6 is 8.60 Å². The zero-order valence-corrected chi connectivity index (χ0v) is 7.43. The van der Waals surface area contributed by atoms with Crippen LogP contribution < -0.4 is 0 Å². The quantitative estimate of drug-likeness (QED) is 0.460. The van der Waals surface area contributed by atoms with Crippen molar-refractivity contribution in [3.8, 4) is 0 Å². The van der Waals surface area contributed by atoms with Gasteiger partial charge in [0.2, 0.25) is 0 Å². The highest BCUT2D eigenvalue weighted by Crippen LogP contribution is 2.36. The lowest BCUT2D eigenvalue weighted by atomic mass is 10.6. The van der Waals surface area contributed by atoms with Crippen molar-refractivity contribution in [3.05, 3.63) is 12.2 Å². The van der Waals surface area contributed by atoms with Crippen molar-refractivity contribution < 1.29 is 13.6 Å². The van der Waals surface area contributed by atoms with Crippen molar-refractivity contribution in [1.82, 2.24) is 0 Å². The highest BCUT2D eigenvalue weighted by Gasteiger charge is 2.04. The van der Waals surface area contributed by atoms with Gasteiger partial charge in [0, 0.05) is 14.2 Å². The van der Waals surface area contributed by atoms with E-state index in [1.165, 1.54) is 0 Å². The van der Waals surface area contributed by atoms with Crippen LogP contribution in [0.2, 0.25) is 0 Å². The van der Waals surface area contributed by atoms with Gasteiger partial charge in [-0.3, -0.25) is 0 Å². The molecule has 0 aromatic rings.